The van der Waals surface area contributed by atoms with Crippen LogP contribution in [0.1, 0.15) is 44.9 Å². The molecular weight excluding hydrogens is 256 g/mol. The van der Waals surface area contributed by atoms with Gasteiger partial charge in [0.25, 0.3) is 0 Å². The Hall–Kier alpha value is -0.910. The molecule has 2 atom stereocenters. The van der Waals surface area contributed by atoms with Crippen molar-refractivity contribution in [1.29, 1.82) is 0 Å². The predicted octanol–water partition coefficient (Wildman–Crippen LogP) is 2.36. The molecule has 0 aromatic carbocycles. The van der Waals surface area contributed by atoms with Crippen molar-refractivity contribution in [3.05, 3.63) is 11.8 Å². The van der Waals surface area contributed by atoms with Crippen LogP contribution >= 0.6 is 0 Å². The number of ether oxygens (including phenoxy) is 3. The van der Waals surface area contributed by atoms with Crippen LogP contribution in [-0.4, -0.2) is 38.6 Å². The van der Waals surface area contributed by atoms with Crippen molar-refractivity contribution in [2.45, 2.75) is 57.5 Å². The maximum Gasteiger partial charge on any atom is 0.157 e. The molecule has 2 aliphatic heterocycles. The van der Waals surface area contributed by atoms with Crippen molar-refractivity contribution >= 4 is 6.21 Å². The van der Waals surface area contributed by atoms with E-state index in [2.05, 4.69) is 4.99 Å². The highest BCUT2D eigenvalue weighted by Crippen LogP contribution is 2.15. The Morgan fingerprint density at radius 3 is 2.60 bits per heavy atom. The Bertz CT molecular complexity index is 319. The number of hydrogen-bond acceptors (Lipinski definition) is 5. The average Bonchev–Trinajstić information content (AvgIpc) is 2.52. The SMILES string of the molecule is N/C=C(\C=N\C1CCCCO1)CCOC1CCCCO1. The van der Waals surface area contributed by atoms with E-state index in [9.17, 15) is 0 Å². The molecular formula is C15H26N2O3. The highest BCUT2D eigenvalue weighted by Gasteiger charge is 2.14. The van der Waals surface area contributed by atoms with Gasteiger partial charge in [0, 0.05) is 19.4 Å². The fourth-order valence-corrected chi connectivity index (χ4v) is 2.36. The van der Waals surface area contributed by atoms with E-state index >= 15 is 0 Å². The van der Waals surface area contributed by atoms with Crippen molar-refractivity contribution in [3.63, 3.8) is 0 Å². The molecule has 2 heterocycles. The van der Waals surface area contributed by atoms with Gasteiger partial charge in [-0.1, -0.05) is 0 Å². The minimum Gasteiger partial charge on any atom is -0.404 e. The summed E-state index contributed by atoms with van der Waals surface area (Å²) in [5.74, 6) is 0. The van der Waals surface area contributed by atoms with Gasteiger partial charge in [-0.2, -0.15) is 0 Å². The summed E-state index contributed by atoms with van der Waals surface area (Å²) in [7, 11) is 0. The third-order valence-electron chi connectivity index (χ3n) is 3.61. The van der Waals surface area contributed by atoms with Gasteiger partial charge in [-0.15, -0.1) is 0 Å². The Morgan fingerprint density at radius 2 is 1.95 bits per heavy atom. The topological polar surface area (TPSA) is 66.1 Å². The van der Waals surface area contributed by atoms with Crippen LogP contribution in [0.4, 0.5) is 0 Å². The second kappa shape index (κ2) is 9.10. The summed E-state index contributed by atoms with van der Waals surface area (Å²) in [6.45, 7) is 2.24. The molecule has 5 nitrogen and oxygen atoms in total. The number of hydrogen-bond donors (Lipinski definition) is 1. The number of rotatable bonds is 6. The third kappa shape index (κ3) is 5.61. The lowest BCUT2D eigenvalue weighted by atomic mass is 10.2. The average molecular weight is 282 g/mol. The molecule has 114 valence electrons. The quantitative estimate of drug-likeness (QED) is 0.759. The number of nitrogens with two attached hydrogens (primary N) is 1. The van der Waals surface area contributed by atoms with Crippen molar-refractivity contribution < 1.29 is 14.2 Å². The molecule has 0 aliphatic carbocycles. The number of nitrogens with zero attached hydrogens (tertiary/aromatic N) is 1. The fourth-order valence-electron chi connectivity index (χ4n) is 2.36. The first-order valence-electron chi connectivity index (χ1n) is 7.67. The highest BCUT2D eigenvalue weighted by molar-refractivity contribution is 5.78. The largest absolute Gasteiger partial charge is 0.404 e. The molecule has 0 saturated carbocycles. The van der Waals surface area contributed by atoms with Crippen molar-refractivity contribution in [2.24, 2.45) is 10.7 Å². The molecule has 0 aromatic heterocycles. The molecule has 2 N–H and O–H groups in total. The van der Waals surface area contributed by atoms with E-state index in [-0.39, 0.29) is 12.5 Å². The van der Waals surface area contributed by atoms with Crippen molar-refractivity contribution in [3.8, 4) is 0 Å². The third-order valence-corrected chi connectivity index (χ3v) is 3.61. The Balaban J connectivity index is 1.65. The molecule has 0 spiro atoms. The van der Waals surface area contributed by atoms with Crippen molar-refractivity contribution in [1.82, 2.24) is 0 Å². The number of aliphatic imine (C=N–C) groups is 1. The summed E-state index contributed by atoms with van der Waals surface area (Å²) in [4.78, 5) is 4.44. The lowest BCUT2D eigenvalue weighted by Gasteiger charge is -2.22. The first-order valence-corrected chi connectivity index (χ1v) is 7.67. The smallest absolute Gasteiger partial charge is 0.157 e. The monoisotopic (exact) mass is 282 g/mol. The van der Waals surface area contributed by atoms with Gasteiger partial charge in [0.15, 0.2) is 6.29 Å². The Labute approximate surface area is 121 Å². The van der Waals surface area contributed by atoms with E-state index in [0.717, 1.165) is 50.9 Å². The van der Waals surface area contributed by atoms with Gasteiger partial charge in [0.2, 0.25) is 0 Å². The van der Waals surface area contributed by atoms with Crippen LogP contribution in [0.5, 0.6) is 0 Å². The summed E-state index contributed by atoms with van der Waals surface area (Å²) in [6.07, 6.45) is 10.8. The van der Waals surface area contributed by atoms with Gasteiger partial charge < -0.3 is 19.9 Å². The summed E-state index contributed by atoms with van der Waals surface area (Å²) in [5, 5.41) is 0. The first-order chi connectivity index (χ1) is 9.88. The second-order valence-electron chi connectivity index (χ2n) is 5.26. The predicted molar refractivity (Wildman–Crippen MR) is 78.5 cm³/mol. The van der Waals surface area contributed by atoms with E-state index < -0.39 is 0 Å². The second-order valence-corrected chi connectivity index (χ2v) is 5.26. The van der Waals surface area contributed by atoms with Crippen molar-refractivity contribution in [2.75, 3.05) is 19.8 Å². The maximum atomic E-state index is 5.70. The molecule has 20 heavy (non-hydrogen) atoms. The van der Waals surface area contributed by atoms with Crippen LogP contribution in [0.25, 0.3) is 0 Å². The van der Waals surface area contributed by atoms with E-state index in [1.807, 2.05) is 6.21 Å². The van der Waals surface area contributed by atoms with E-state index in [0.29, 0.717) is 6.61 Å². The zero-order valence-corrected chi connectivity index (χ0v) is 12.1. The van der Waals surface area contributed by atoms with E-state index in [4.69, 9.17) is 19.9 Å². The lowest BCUT2D eigenvalue weighted by Crippen LogP contribution is -2.23. The zero-order chi connectivity index (χ0) is 14.0. The van der Waals surface area contributed by atoms with Gasteiger partial charge >= 0.3 is 0 Å². The molecule has 0 bridgehead atoms. The molecule has 2 rings (SSSR count). The minimum atomic E-state index is -0.0404. The molecule has 0 aromatic rings. The summed E-state index contributed by atoms with van der Waals surface area (Å²) >= 11 is 0. The summed E-state index contributed by atoms with van der Waals surface area (Å²) in [5.41, 5.74) is 6.61. The fraction of sp³-hybridized carbons (Fsp3) is 0.800. The zero-order valence-electron chi connectivity index (χ0n) is 12.1. The van der Waals surface area contributed by atoms with Crippen LogP contribution in [-0.2, 0) is 14.2 Å². The van der Waals surface area contributed by atoms with Gasteiger partial charge in [-0.3, -0.25) is 4.99 Å². The molecule has 0 radical (unpaired) electrons. The van der Waals surface area contributed by atoms with Gasteiger partial charge in [0.1, 0.15) is 6.23 Å². The normalized spacial score (nSPS) is 28.9. The van der Waals surface area contributed by atoms with Gasteiger partial charge in [0.05, 0.1) is 6.61 Å². The lowest BCUT2D eigenvalue weighted by molar-refractivity contribution is -0.161. The van der Waals surface area contributed by atoms with Crippen LogP contribution in [0.3, 0.4) is 0 Å². The van der Waals surface area contributed by atoms with E-state index in [1.165, 1.54) is 12.8 Å². The van der Waals surface area contributed by atoms with Gasteiger partial charge in [-0.25, -0.2) is 0 Å². The van der Waals surface area contributed by atoms with Crippen LogP contribution in [0.2, 0.25) is 0 Å². The maximum absolute atomic E-state index is 5.70. The molecule has 2 saturated heterocycles. The molecule has 5 heteroatoms. The molecule has 2 aliphatic rings. The summed E-state index contributed by atoms with van der Waals surface area (Å²) < 4.78 is 16.8. The standard InChI is InChI=1S/C15H26N2O3/c16-11-13(12-17-14-5-1-3-8-18-14)7-10-20-15-6-2-4-9-19-15/h11-12,14-15H,1-10,16H2/b13-11-,17-12+. The van der Waals surface area contributed by atoms with E-state index in [1.54, 1.807) is 6.20 Å². The Kier molecular flexibility index (Phi) is 7.05. The van der Waals surface area contributed by atoms with Crippen LogP contribution < -0.4 is 5.73 Å². The van der Waals surface area contributed by atoms with Crippen LogP contribution in [0.15, 0.2) is 16.8 Å². The molecule has 0 amide bonds. The van der Waals surface area contributed by atoms with Gasteiger partial charge in [-0.05, 0) is 56.7 Å². The van der Waals surface area contributed by atoms with Crippen LogP contribution in [0, 0.1) is 0 Å². The molecule has 2 fully saturated rings. The molecule has 2 unspecified atom stereocenters. The highest BCUT2D eigenvalue weighted by atomic mass is 16.7. The first kappa shape index (κ1) is 15.5. The summed E-state index contributed by atoms with van der Waals surface area (Å²) in [6, 6.07) is 0. The minimum absolute atomic E-state index is 0.00120. The Morgan fingerprint density at radius 1 is 1.15 bits per heavy atom.